The minimum Gasteiger partial charge on any atom is -0.397 e. The van der Waals surface area contributed by atoms with Crippen molar-refractivity contribution in [3.8, 4) is 0 Å². The summed E-state index contributed by atoms with van der Waals surface area (Å²) in [7, 11) is 1.90. The van der Waals surface area contributed by atoms with Gasteiger partial charge in [0.2, 0.25) is 0 Å². The van der Waals surface area contributed by atoms with Gasteiger partial charge in [0.25, 0.3) is 0 Å². The predicted octanol–water partition coefficient (Wildman–Crippen LogP) is 2.73. The first-order chi connectivity index (χ1) is 9.24. The molecule has 3 N–H and O–H groups in total. The molecule has 4 nitrogen and oxygen atoms in total. The fourth-order valence-electron chi connectivity index (χ4n) is 2.55. The van der Waals surface area contributed by atoms with Gasteiger partial charge in [-0.2, -0.15) is 0 Å². The molecule has 1 aliphatic heterocycles. The van der Waals surface area contributed by atoms with Gasteiger partial charge in [0.1, 0.15) is 0 Å². The Bertz CT molecular complexity index is 400. The molecule has 4 heteroatoms. The van der Waals surface area contributed by atoms with Crippen LogP contribution in [0.1, 0.15) is 19.8 Å². The van der Waals surface area contributed by atoms with E-state index in [9.17, 15) is 0 Å². The van der Waals surface area contributed by atoms with Crippen molar-refractivity contribution in [3.63, 3.8) is 0 Å². The van der Waals surface area contributed by atoms with Crippen LogP contribution in [0.4, 0.5) is 17.1 Å². The van der Waals surface area contributed by atoms with Crippen LogP contribution < -0.4 is 16.0 Å². The van der Waals surface area contributed by atoms with Crippen LogP contribution in [0.15, 0.2) is 18.2 Å². The van der Waals surface area contributed by atoms with E-state index in [-0.39, 0.29) is 0 Å². The van der Waals surface area contributed by atoms with E-state index in [4.69, 9.17) is 10.5 Å². The van der Waals surface area contributed by atoms with Gasteiger partial charge >= 0.3 is 0 Å². The number of ether oxygens (including phenoxy) is 1. The number of hydrogen-bond acceptors (Lipinski definition) is 4. The molecule has 0 bridgehead atoms. The lowest BCUT2D eigenvalue weighted by molar-refractivity contribution is 0.144. The molecule has 1 saturated heterocycles. The number of anilines is 3. The summed E-state index contributed by atoms with van der Waals surface area (Å²) in [6.45, 7) is 6.75. The second-order valence-corrected chi connectivity index (χ2v) is 5.02. The van der Waals surface area contributed by atoms with E-state index >= 15 is 0 Å². The number of hydrogen-bond donors (Lipinski definition) is 2. The van der Waals surface area contributed by atoms with Crippen LogP contribution in [-0.4, -0.2) is 26.7 Å². The first-order valence-electron chi connectivity index (χ1n) is 6.96. The van der Waals surface area contributed by atoms with E-state index in [1.165, 1.54) is 18.5 Å². The molecule has 1 aromatic carbocycles. The highest BCUT2D eigenvalue weighted by molar-refractivity contribution is 5.72. The SMILES string of the molecule is C[CH]OCC1CCN(c2ccc(N)c(NC)c2)CC1. The van der Waals surface area contributed by atoms with E-state index in [1.54, 1.807) is 6.61 Å². The van der Waals surface area contributed by atoms with Crippen LogP contribution in [0.2, 0.25) is 0 Å². The van der Waals surface area contributed by atoms with Crippen molar-refractivity contribution in [2.45, 2.75) is 19.8 Å². The molecule has 0 saturated carbocycles. The van der Waals surface area contributed by atoms with Gasteiger partial charge < -0.3 is 20.7 Å². The summed E-state index contributed by atoms with van der Waals surface area (Å²) in [5.41, 5.74) is 8.96. The molecule has 2 rings (SSSR count). The Hall–Kier alpha value is -1.42. The summed E-state index contributed by atoms with van der Waals surface area (Å²) in [6.07, 6.45) is 2.38. The maximum absolute atomic E-state index is 5.91. The standard InChI is InChI=1S/C15H24N3O/c1-3-19-11-12-6-8-18(9-7-12)13-4-5-14(16)15(10-13)17-2/h3-5,10,12,17H,6-9,11,16H2,1-2H3. The number of nitrogens with zero attached hydrogens (tertiary/aromatic N) is 1. The van der Waals surface area contributed by atoms with Crippen molar-refractivity contribution >= 4 is 17.1 Å². The number of rotatable bonds is 5. The molecule has 1 heterocycles. The quantitative estimate of drug-likeness (QED) is 0.801. The molecular formula is C15H24N3O. The Kier molecular flexibility index (Phi) is 4.91. The number of nitrogens with two attached hydrogens (primary N) is 1. The van der Waals surface area contributed by atoms with Gasteiger partial charge in [-0.1, -0.05) is 0 Å². The molecule has 0 aliphatic carbocycles. The number of piperidine rings is 1. The lowest BCUT2D eigenvalue weighted by Crippen LogP contribution is -2.35. The Labute approximate surface area is 115 Å². The summed E-state index contributed by atoms with van der Waals surface area (Å²) in [5.74, 6) is 0.685. The minimum atomic E-state index is 0.685. The summed E-state index contributed by atoms with van der Waals surface area (Å²) >= 11 is 0. The van der Waals surface area contributed by atoms with Gasteiger partial charge in [-0.3, -0.25) is 0 Å². The Morgan fingerprint density at radius 1 is 1.42 bits per heavy atom. The lowest BCUT2D eigenvalue weighted by Gasteiger charge is -2.33. The zero-order valence-corrected chi connectivity index (χ0v) is 11.9. The summed E-state index contributed by atoms with van der Waals surface area (Å²) < 4.78 is 5.40. The second-order valence-electron chi connectivity index (χ2n) is 5.02. The molecule has 105 valence electrons. The van der Waals surface area contributed by atoms with Gasteiger partial charge in [-0.25, -0.2) is 0 Å². The Morgan fingerprint density at radius 2 is 2.16 bits per heavy atom. The fraction of sp³-hybridized carbons (Fsp3) is 0.533. The van der Waals surface area contributed by atoms with Crippen LogP contribution >= 0.6 is 0 Å². The normalized spacial score (nSPS) is 16.6. The molecule has 1 radical (unpaired) electrons. The van der Waals surface area contributed by atoms with Crippen molar-refractivity contribution in [2.24, 2.45) is 5.92 Å². The molecule has 19 heavy (non-hydrogen) atoms. The Balaban J connectivity index is 1.94. The largest absolute Gasteiger partial charge is 0.397 e. The predicted molar refractivity (Wildman–Crippen MR) is 81.3 cm³/mol. The second kappa shape index (κ2) is 6.66. The monoisotopic (exact) mass is 262 g/mol. The topological polar surface area (TPSA) is 50.5 Å². The van der Waals surface area contributed by atoms with E-state index in [2.05, 4.69) is 22.3 Å². The maximum atomic E-state index is 5.91. The van der Waals surface area contributed by atoms with E-state index < -0.39 is 0 Å². The van der Waals surface area contributed by atoms with Crippen molar-refractivity contribution in [1.82, 2.24) is 0 Å². The van der Waals surface area contributed by atoms with E-state index in [0.717, 1.165) is 31.1 Å². The fourth-order valence-corrected chi connectivity index (χ4v) is 2.55. The van der Waals surface area contributed by atoms with Crippen molar-refractivity contribution in [1.29, 1.82) is 0 Å². The molecule has 1 fully saturated rings. The van der Waals surface area contributed by atoms with Gasteiger partial charge in [0.05, 0.1) is 24.6 Å². The third kappa shape index (κ3) is 3.53. The molecule has 0 atom stereocenters. The maximum Gasteiger partial charge on any atom is 0.0806 e. The average molecular weight is 262 g/mol. The summed E-state index contributed by atoms with van der Waals surface area (Å²) in [6, 6.07) is 6.21. The van der Waals surface area contributed by atoms with E-state index in [1.807, 2.05) is 20.0 Å². The zero-order valence-electron chi connectivity index (χ0n) is 11.9. The molecule has 0 amide bonds. The first-order valence-corrected chi connectivity index (χ1v) is 6.96. The number of benzene rings is 1. The summed E-state index contributed by atoms with van der Waals surface area (Å²) in [5, 5.41) is 3.14. The third-order valence-electron chi connectivity index (χ3n) is 3.78. The van der Waals surface area contributed by atoms with Gasteiger partial charge in [-0.15, -0.1) is 0 Å². The Morgan fingerprint density at radius 3 is 2.79 bits per heavy atom. The minimum absolute atomic E-state index is 0.685. The van der Waals surface area contributed by atoms with E-state index in [0.29, 0.717) is 5.92 Å². The molecule has 0 spiro atoms. The molecule has 1 aliphatic rings. The van der Waals surface area contributed by atoms with Gasteiger partial charge in [0, 0.05) is 25.8 Å². The highest BCUT2D eigenvalue weighted by Crippen LogP contribution is 2.28. The van der Waals surface area contributed by atoms with Crippen molar-refractivity contribution in [2.75, 3.05) is 42.7 Å². The third-order valence-corrected chi connectivity index (χ3v) is 3.78. The van der Waals surface area contributed by atoms with Crippen molar-refractivity contribution < 1.29 is 4.74 Å². The summed E-state index contributed by atoms with van der Waals surface area (Å²) in [4.78, 5) is 2.42. The molecule has 0 unspecified atom stereocenters. The highest BCUT2D eigenvalue weighted by atomic mass is 16.5. The van der Waals surface area contributed by atoms with Crippen LogP contribution in [0.5, 0.6) is 0 Å². The molecular weight excluding hydrogens is 238 g/mol. The van der Waals surface area contributed by atoms with Crippen LogP contribution in [0.3, 0.4) is 0 Å². The van der Waals surface area contributed by atoms with Crippen LogP contribution in [0, 0.1) is 12.5 Å². The van der Waals surface area contributed by atoms with Crippen molar-refractivity contribution in [3.05, 3.63) is 24.8 Å². The zero-order chi connectivity index (χ0) is 13.7. The number of nitrogen functional groups attached to an aromatic ring is 1. The van der Waals surface area contributed by atoms with Crippen LogP contribution in [-0.2, 0) is 4.74 Å². The van der Waals surface area contributed by atoms with Gasteiger partial charge in [-0.05, 0) is 43.9 Å². The molecule has 0 aromatic heterocycles. The average Bonchev–Trinajstić information content (AvgIpc) is 2.46. The lowest BCUT2D eigenvalue weighted by atomic mass is 9.97. The van der Waals surface area contributed by atoms with Gasteiger partial charge in [0.15, 0.2) is 0 Å². The first kappa shape index (κ1) is 14.0. The highest BCUT2D eigenvalue weighted by Gasteiger charge is 2.19. The van der Waals surface area contributed by atoms with Crippen LogP contribution in [0.25, 0.3) is 0 Å². The number of nitrogens with one attached hydrogen (secondary N) is 1. The smallest absolute Gasteiger partial charge is 0.0806 e. The molecule has 1 aromatic rings.